The van der Waals surface area contributed by atoms with Crippen molar-refractivity contribution in [3.63, 3.8) is 0 Å². The minimum atomic E-state index is -1.13. The molecule has 166 valence electrons. The molecule has 2 aromatic carbocycles. The number of hydrogen-bond donors (Lipinski definition) is 3. The number of aliphatic carboxylic acids is 1. The monoisotopic (exact) mass is 424 g/mol. The van der Waals surface area contributed by atoms with Crippen LogP contribution in [0.1, 0.15) is 45.2 Å². The maximum atomic E-state index is 11.9. The van der Waals surface area contributed by atoms with Crippen LogP contribution in [0.3, 0.4) is 0 Å². The predicted octanol–water partition coefficient (Wildman–Crippen LogP) is 3.78. The lowest BCUT2D eigenvalue weighted by molar-refractivity contribution is -0.141. The molecule has 0 heterocycles. The van der Waals surface area contributed by atoms with E-state index in [1.165, 1.54) is 0 Å². The third kappa shape index (κ3) is 7.89. The largest absolute Gasteiger partial charge is 0.481 e. The van der Waals surface area contributed by atoms with E-state index >= 15 is 0 Å². The molecule has 0 fully saturated rings. The predicted molar refractivity (Wildman–Crippen MR) is 121 cm³/mol. The van der Waals surface area contributed by atoms with Crippen molar-refractivity contribution in [2.24, 2.45) is 11.8 Å². The van der Waals surface area contributed by atoms with Crippen LogP contribution in [0.2, 0.25) is 0 Å². The van der Waals surface area contributed by atoms with Crippen LogP contribution in [0.4, 0.5) is 0 Å². The number of carboxylic acid groups (broad SMARTS) is 1. The zero-order valence-corrected chi connectivity index (χ0v) is 18.6. The molecule has 0 unspecified atom stereocenters. The van der Waals surface area contributed by atoms with E-state index in [4.69, 9.17) is 5.11 Å². The van der Waals surface area contributed by atoms with Gasteiger partial charge in [0.25, 0.3) is 0 Å². The fourth-order valence-corrected chi connectivity index (χ4v) is 3.19. The quantitative estimate of drug-likeness (QED) is 0.506. The van der Waals surface area contributed by atoms with Gasteiger partial charge in [-0.25, -0.2) is 0 Å². The Kier molecular flexibility index (Phi) is 8.79. The average molecular weight is 425 g/mol. The lowest BCUT2D eigenvalue weighted by atomic mass is 9.94. The van der Waals surface area contributed by atoms with Crippen LogP contribution < -0.4 is 10.6 Å². The van der Waals surface area contributed by atoms with Gasteiger partial charge in [-0.2, -0.15) is 0 Å². The molecule has 0 aromatic heterocycles. The molecular weight excluding hydrogens is 392 g/mol. The lowest BCUT2D eigenvalue weighted by Crippen LogP contribution is -2.40. The molecular formula is C25H32N2O4. The molecule has 31 heavy (non-hydrogen) atoms. The first-order valence-electron chi connectivity index (χ1n) is 10.6. The second-order valence-electron chi connectivity index (χ2n) is 8.46. The van der Waals surface area contributed by atoms with E-state index in [0.717, 1.165) is 22.3 Å². The van der Waals surface area contributed by atoms with Gasteiger partial charge in [0.15, 0.2) is 0 Å². The van der Waals surface area contributed by atoms with Crippen molar-refractivity contribution in [2.75, 3.05) is 0 Å². The molecule has 0 aliphatic heterocycles. The molecule has 0 aliphatic carbocycles. The first kappa shape index (κ1) is 24.1. The molecule has 0 aliphatic rings. The van der Waals surface area contributed by atoms with Crippen molar-refractivity contribution in [1.82, 2.24) is 10.6 Å². The van der Waals surface area contributed by atoms with Gasteiger partial charge in [0.05, 0.1) is 0 Å². The van der Waals surface area contributed by atoms with E-state index < -0.39 is 18.3 Å². The Morgan fingerprint density at radius 3 is 2.16 bits per heavy atom. The van der Waals surface area contributed by atoms with E-state index in [-0.39, 0.29) is 23.8 Å². The van der Waals surface area contributed by atoms with Crippen molar-refractivity contribution >= 4 is 17.8 Å². The van der Waals surface area contributed by atoms with Gasteiger partial charge in [-0.15, -0.1) is 0 Å². The Labute approximate surface area is 184 Å². The molecule has 0 saturated carbocycles. The van der Waals surface area contributed by atoms with Gasteiger partial charge in [-0.05, 0) is 34.6 Å². The highest BCUT2D eigenvalue weighted by Gasteiger charge is 2.18. The first-order chi connectivity index (χ1) is 14.7. The van der Waals surface area contributed by atoms with Crippen molar-refractivity contribution in [3.8, 4) is 11.1 Å². The Bertz CT molecular complexity index is 904. The standard InChI is InChI=1S/C25H32N2O4/c1-16(2)22(27-23(28)14-24(29)30)13-19-6-5-7-21(12-19)20-10-8-18(9-11-20)15-26-25(31)17(3)4/h5-12,16-17,22H,13-15H2,1-4H3,(H,26,31)(H,27,28)(H,29,30)/t22-/m0/s1. The topological polar surface area (TPSA) is 95.5 Å². The van der Waals surface area contributed by atoms with Crippen LogP contribution in [0, 0.1) is 11.8 Å². The highest BCUT2D eigenvalue weighted by Crippen LogP contribution is 2.22. The smallest absolute Gasteiger partial charge is 0.312 e. The number of benzene rings is 2. The van der Waals surface area contributed by atoms with Gasteiger partial charge < -0.3 is 15.7 Å². The Morgan fingerprint density at radius 1 is 0.903 bits per heavy atom. The normalized spacial score (nSPS) is 11.9. The minimum Gasteiger partial charge on any atom is -0.481 e. The maximum Gasteiger partial charge on any atom is 0.312 e. The van der Waals surface area contributed by atoms with E-state index in [1.54, 1.807) is 0 Å². The second kappa shape index (κ2) is 11.3. The average Bonchev–Trinajstić information content (AvgIpc) is 2.71. The van der Waals surface area contributed by atoms with Gasteiger partial charge in [0.1, 0.15) is 6.42 Å². The molecule has 2 rings (SSSR count). The SMILES string of the molecule is CC(C)C(=O)NCc1ccc(-c2cccc(C[C@H](NC(=O)CC(=O)O)C(C)C)c2)cc1. The summed E-state index contributed by atoms with van der Waals surface area (Å²) >= 11 is 0. The van der Waals surface area contributed by atoms with Crippen LogP contribution >= 0.6 is 0 Å². The molecule has 0 saturated heterocycles. The van der Waals surface area contributed by atoms with Crippen LogP contribution in [-0.4, -0.2) is 28.9 Å². The van der Waals surface area contributed by atoms with Crippen molar-refractivity contribution < 1.29 is 19.5 Å². The second-order valence-corrected chi connectivity index (χ2v) is 8.46. The van der Waals surface area contributed by atoms with Crippen LogP contribution in [0.5, 0.6) is 0 Å². The van der Waals surface area contributed by atoms with E-state index in [1.807, 2.05) is 70.2 Å². The summed E-state index contributed by atoms with van der Waals surface area (Å²) in [6.45, 7) is 8.25. The van der Waals surface area contributed by atoms with Crippen molar-refractivity contribution in [3.05, 3.63) is 59.7 Å². The summed E-state index contributed by atoms with van der Waals surface area (Å²) in [7, 11) is 0. The van der Waals surface area contributed by atoms with Crippen LogP contribution in [0.25, 0.3) is 11.1 Å². The molecule has 6 nitrogen and oxygen atoms in total. The van der Waals surface area contributed by atoms with Gasteiger partial charge in [-0.1, -0.05) is 76.2 Å². The van der Waals surface area contributed by atoms with Gasteiger partial charge >= 0.3 is 5.97 Å². The van der Waals surface area contributed by atoms with Crippen molar-refractivity contribution in [2.45, 2.75) is 53.1 Å². The zero-order chi connectivity index (χ0) is 23.0. The lowest BCUT2D eigenvalue weighted by Gasteiger charge is -2.22. The van der Waals surface area contributed by atoms with Crippen LogP contribution in [-0.2, 0) is 27.3 Å². The number of hydrogen-bond acceptors (Lipinski definition) is 3. The number of amides is 2. The number of carbonyl (C=O) groups excluding carboxylic acids is 2. The number of carbonyl (C=O) groups is 3. The number of carboxylic acids is 1. The molecule has 0 radical (unpaired) electrons. The maximum absolute atomic E-state index is 11.9. The summed E-state index contributed by atoms with van der Waals surface area (Å²) in [5.74, 6) is -1.43. The molecule has 6 heteroatoms. The highest BCUT2D eigenvalue weighted by molar-refractivity contribution is 5.93. The molecule has 0 bridgehead atoms. The fraction of sp³-hybridized carbons (Fsp3) is 0.400. The van der Waals surface area contributed by atoms with Crippen molar-refractivity contribution in [1.29, 1.82) is 0 Å². The third-order valence-electron chi connectivity index (χ3n) is 5.12. The minimum absolute atomic E-state index is 0.0342. The molecule has 2 aromatic rings. The van der Waals surface area contributed by atoms with Gasteiger partial charge in [0.2, 0.25) is 11.8 Å². The number of nitrogens with one attached hydrogen (secondary N) is 2. The van der Waals surface area contributed by atoms with Crippen LogP contribution in [0.15, 0.2) is 48.5 Å². The Balaban J connectivity index is 2.07. The molecule has 0 spiro atoms. The summed E-state index contributed by atoms with van der Waals surface area (Å²) in [5, 5.41) is 14.6. The summed E-state index contributed by atoms with van der Waals surface area (Å²) in [6.07, 6.45) is 0.101. The van der Waals surface area contributed by atoms with E-state index in [2.05, 4.69) is 16.7 Å². The zero-order valence-electron chi connectivity index (χ0n) is 18.6. The van der Waals surface area contributed by atoms with Gasteiger partial charge in [-0.3, -0.25) is 14.4 Å². The summed E-state index contributed by atoms with van der Waals surface area (Å²) in [5.41, 5.74) is 4.24. The van der Waals surface area contributed by atoms with Gasteiger partial charge in [0, 0.05) is 18.5 Å². The molecule has 1 atom stereocenters. The van der Waals surface area contributed by atoms with E-state index in [0.29, 0.717) is 13.0 Å². The molecule has 2 amide bonds. The first-order valence-corrected chi connectivity index (χ1v) is 10.6. The Morgan fingerprint density at radius 2 is 1.58 bits per heavy atom. The highest BCUT2D eigenvalue weighted by atomic mass is 16.4. The summed E-state index contributed by atoms with van der Waals surface area (Å²) in [4.78, 5) is 34.4. The summed E-state index contributed by atoms with van der Waals surface area (Å²) < 4.78 is 0. The summed E-state index contributed by atoms with van der Waals surface area (Å²) in [6, 6.07) is 16.1. The third-order valence-corrected chi connectivity index (χ3v) is 5.12. The fourth-order valence-electron chi connectivity index (χ4n) is 3.19. The van der Waals surface area contributed by atoms with E-state index in [9.17, 15) is 14.4 Å². The Hall–Kier alpha value is -3.15. The molecule has 3 N–H and O–H groups in total. The number of rotatable bonds is 10.